The lowest BCUT2D eigenvalue weighted by Gasteiger charge is -2.33. The molecule has 0 aliphatic heterocycles. The number of anilines is 2. The van der Waals surface area contributed by atoms with Gasteiger partial charge >= 0.3 is 0 Å². The fourth-order valence-electron chi connectivity index (χ4n) is 2.44. The van der Waals surface area contributed by atoms with Gasteiger partial charge in [-0.15, -0.1) is 0 Å². The zero-order chi connectivity index (χ0) is 13.0. The van der Waals surface area contributed by atoms with Crippen molar-refractivity contribution in [1.82, 2.24) is 9.97 Å². The van der Waals surface area contributed by atoms with Gasteiger partial charge in [0, 0.05) is 6.54 Å². The number of nitrogens with two attached hydrogens (primary N) is 1. The van der Waals surface area contributed by atoms with Crippen molar-refractivity contribution in [2.24, 2.45) is 11.3 Å². The number of hydrogen-bond acceptors (Lipinski definition) is 5. The van der Waals surface area contributed by atoms with Crippen LogP contribution in [0.2, 0.25) is 0 Å². The molecule has 0 radical (unpaired) electrons. The third-order valence-electron chi connectivity index (χ3n) is 3.62. The van der Waals surface area contributed by atoms with Gasteiger partial charge in [-0.05, 0) is 18.3 Å². The molecule has 1 saturated carbocycles. The third kappa shape index (κ3) is 3.07. The molecule has 1 aromatic heterocycles. The van der Waals surface area contributed by atoms with Gasteiger partial charge in [-0.3, -0.25) is 5.43 Å². The topological polar surface area (TPSA) is 75.9 Å². The monoisotopic (exact) mass is 253 g/mol. The molecule has 2 rings (SSSR count). The molecular weight excluding hydrogens is 233 g/mol. The minimum Gasteiger partial charge on any atom is -0.367 e. The van der Waals surface area contributed by atoms with E-state index in [0.29, 0.717) is 0 Å². The van der Waals surface area contributed by atoms with Crippen LogP contribution in [0.3, 0.4) is 0 Å². The lowest BCUT2D eigenvalue weighted by molar-refractivity contribution is 0.233. The van der Waals surface area contributed by atoms with Crippen LogP contribution in [0, 0.1) is 11.2 Å². The number of hydrazine groups is 1. The van der Waals surface area contributed by atoms with Crippen LogP contribution in [-0.2, 0) is 0 Å². The van der Waals surface area contributed by atoms with Gasteiger partial charge in [0.1, 0.15) is 0 Å². The molecule has 1 heterocycles. The Labute approximate surface area is 106 Å². The van der Waals surface area contributed by atoms with E-state index < -0.39 is 5.82 Å². The maximum Gasteiger partial charge on any atom is 0.239 e. The predicted molar refractivity (Wildman–Crippen MR) is 69.5 cm³/mol. The van der Waals surface area contributed by atoms with E-state index in [9.17, 15) is 4.39 Å². The van der Waals surface area contributed by atoms with Crippen molar-refractivity contribution in [1.29, 1.82) is 0 Å². The first-order valence-electron chi connectivity index (χ1n) is 6.36. The molecule has 0 aromatic carbocycles. The number of halogens is 1. The number of hydrogen-bond donors (Lipinski definition) is 3. The molecule has 4 N–H and O–H groups in total. The van der Waals surface area contributed by atoms with Crippen molar-refractivity contribution in [3.8, 4) is 0 Å². The Balaban J connectivity index is 2.00. The summed E-state index contributed by atoms with van der Waals surface area (Å²) in [7, 11) is 0. The average molecular weight is 253 g/mol. The second-order valence-corrected chi connectivity index (χ2v) is 5.26. The fraction of sp³-hybridized carbons (Fsp3) is 0.667. The highest BCUT2D eigenvalue weighted by molar-refractivity contribution is 5.40. The lowest BCUT2D eigenvalue weighted by atomic mass is 9.76. The Bertz CT molecular complexity index is 403. The van der Waals surface area contributed by atoms with Crippen LogP contribution in [0.5, 0.6) is 0 Å². The minimum absolute atomic E-state index is 0.213. The summed E-state index contributed by atoms with van der Waals surface area (Å²) in [5.41, 5.74) is 2.54. The van der Waals surface area contributed by atoms with Crippen LogP contribution in [-0.4, -0.2) is 16.5 Å². The molecule has 0 saturated heterocycles. The summed E-state index contributed by atoms with van der Waals surface area (Å²) < 4.78 is 13.5. The third-order valence-corrected chi connectivity index (χ3v) is 3.62. The second-order valence-electron chi connectivity index (χ2n) is 5.26. The maximum absolute atomic E-state index is 13.5. The van der Waals surface area contributed by atoms with E-state index in [2.05, 4.69) is 27.6 Å². The van der Waals surface area contributed by atoms with Crippen molar-refractivity contribution in [3.63, 3.8) is 0 Å². The molecule has 100 valence electrons. The van der Waals surface area contributed by atoms with Crippen molar-refractivity contribution in [2.45, 2.75) is 39.0 Å². The molecule has 1 aliphatic carbocycles. The van der Waals surface area contributed by atoms with Gasteiger partial charge < -0.3 is 5.32 Å². The number of aromatic nitrogens is 2. The van der Waals surface area contributed by atoms with Crippen LogP contribution < -0.4 is 16.6 Å². The van der Waals surface area contributed by atoms with E-state index in [-0.39, 0.29) is 17.2 Å². The molecule has 6 heteroatoms. The van der Waals surface area contributed by atoms with Crippen LogP contribution in [0.4, 0.5) is 16.2 Å². The summed E-state index contributed by atoms with van der Waals surface area (Å²) >= 11 is 0. The highest BCUT2D eigenvalue weighted by Crippen LogP contribution is 2.35. The molecule has 1 aliphatic rings. The Morgan fingerprint density at radius 3 is 2.78 bits per heavy atom. The molecule has 0 atom stereocenters. The Kier molecular flexibility index (Phi) is 3.96. The number of nitrogens with one attached hydrogen (secondary N) is 2. The minimum atomic E-state index is -0.451. The molecule has 0 amide bonds. The number of rotatable bonds is 4. The molecule has 0 unspecified atom stereocenters. The van der Waals surface area contributed by atoms with Gasteiger partial charge in [-0.25, -0.2) is 15.2 Å². The van der Waals surface area contributed by atoms with Crippen LogP contribution in [0.25, 0.3) is 0 Å². The van der Waals surface area contributed by atoms with Crippen LogP contribution >= 0.6 is 0 Å². The summed E-state index contributed by atoms with van der Waals surface area (Å²) in [5, 5.41) is 3.08. The van der Waals surface area contributed by atoms with Crippen molar-refractivity contribution < 1.29 is 4.39 Å². The summed E-state index contributed by atoms with van der Waals surface area (Å²) in [6.45, 7) is 2.96. The number of nitrogen functional groups attached to an aromatic ring is 1. The molecule has 1 fully saturated rings. The van der Waals surface area contributed by atoms with Crippen LogP contribution in [0.1, 0.15) is 39.0 Å². The smallest absolute Gasteiger partial charge is 0.239 e. The van der Waals surface area contributed by atoms with E-state index in [0.717, 1.165) is 12.7 Å². The molecule has 5 nitrogen and oxygen atoms in total. The van der Waals surface area contributed by atoms with Gasteiger partial charge in [-0.2, -0.15) is 4.98 Å². The van der Waals surface area contributed by atoms with E-state index >= 15 is 0 Å². The van der Waals surface area contributed by atoms with Gasteiger partial charge in [0.15, 0.2) is 11.6 Å². The summed E-state index contributed by atoms with van der Waals surface area (Å²) in [4.78, 5) is 7.68. The zero-order valence-electron chi connectivity index (χ0n) is 10.7. The second kappa shape index (κ2) is 5.48. The van der Waals surface area contributed by atoms with Crippen molar-refractivity contribution in [3.05, 3.63) is 12.0 Å². The average Bonchev–Trinajstić information content (AvgIpc) is 2.39. The first-order chi connectivity index (χ1) is 8.63. The van der Waals surface area contributed by atoms with E-state index in [1.165, 1.54) is 32.1 Å². The molecular formula is C12H20FN5. The SMILES string of the molecule is CC1(CNc2nc(NN)ncc2F)CCCCC1. The summed E-state index contributed by atoms with van der Waals surface area (Å²) in [6.07, 6.45) is 7.27. The largest absolute Gasteiger partial charge is 0.367 e. The van der Waals surface area contributed by atoms with Gasteiger partial charge in [0.05, 0.1) is 6.20 Å². The predicted octanol–water partition coefficient (Wildman–Crippen LogP) is 2.28. The Morgan fingerprint density at radius 1 is 1.39 bits per heavy atom. The molecule has 0 spiro atoms. The van der Waals surface area contributed by atoms with E-state index in [1.807, 2.05) is 0 Å². The number of nitrogens with zero attached hydrogens (tertiary/aromatic N) is 2. The summed E-state index contributed by atoms with van der Waals surface area (Å²) in [5.74, 6) is 5.19. The van der Waals surface area contributed by atoms with Crippen molar-refractivity contribution >= 4 is 11.8 Å². The zero-order valence-corrected chi connectivity index (χ0v) is 10.7. The van der Waals surface area contributed by atoms with Gasteiger partial charge in [-0.1, -0.05) is 26.2 Å². The van der Waals surface area contributed by atoms with Gasteiger partial charge in [0.25, 0.3) is 0 Å². The fourth-order valence-corrected chi connectivity index (χ4v) is 2.44. The standard InChI is InChI=1S/C12H20FN5/c1-12(5-3-2-4-6-12)8-16-10-9(13)7-15-11(17-10)18-14/h7H,2-6,8,14H2,1H3,(H2,15,16,17,18). The molecule has 0 bridgehead atoms. The van der Waals surface area contributed by atoms with Crippen LogP contribution in [0.15, 0.2) is 6.20 Å². The maximum atomic E-state index is 13.5. The van der Waals surface area contributed by atoms with E-state index in [1.54, 1.807) is 0 Å². The lowest BCUT2D eigenvalue weighted by Crippen LogP contribution is -2.29. The molecule has 18 heavy (non-hydrogen) atoms. The Morgan fingerprint density at radius 2 is 2.11 bits per heavy atom. The van der Waals surface area contributed by atoms with Gasteiger partial charge in [0.2, 0.25) is 5.95 Å². The first kappa shape index (κ1) is 13.0. The van der Waals surface area contributed by atoms with Crippen molar-refractivity contribution in [2.75, 3.05) is 17.3 Å². The quantitative estimate of drug-likeness (QED) is 0.567. The highest BCUT2D eigenvalue weighted by Gasteiger charge is 2.26. The molecule has 1 aromatic rings. The first-order valence-corrected chi connectivity index (χ1v) is 6.36. The normalized spacial score (nSPS) is 18.4. The highest BCUT2D eigenvalue weighted by atomic mass is 19.1. The van der Waals surface area contributed by atoms with E-state index in [4.69, 9.17) is 5.84 Å². The summed E-state index contributed by atoms with van der Waals surface area (Å²) in [6, 6.07) is 0. The Hall–Kier alpha value is -1.43.